The Kier molecular flexibility index (Phi) is 7.95. The highest BCUT2D eigenvalue weighted by molar-refractivity contribution is 7.89. The Labute approximate surface area is 206 Å². The maximum absolute atomic E-state index is 15.0. The van der Waals surface area contributed by atoms with Gasteiger partial charge in [-0.3, -0.25) is 9.78 Å². The third-order valence-electron chi connectivity index (χ3n) is 5.31. The Morgan fingerprint density at radius 2 is 1.83 bits per heavy atom. The Morgan fingerprint density at radius 1 is 1.11 bits per heavy atom. The first kappa shape index (κ1) is 26.3. The zero-order valence-corrected chi connectivity index (χ0v) is 20.1. The van der Waals surface area contributed by atoms with Crippen LogP contribution < -0.4 is 11.1 Å². The van der Waals surface area contributed by atoms with E-state index in [1.54, 1.807) is 12.1 Å². The summed E-state index contributed by atoms with van der Waals surface area (Å²) in [6, 6.07) is 4.54. The van der Waals surface area contributed by atoms with Crippen LogP contribution in [0.1, 0.15) is 10.5 Å². The maximum atomic E-state index is 15.0. The van der Waals surface area contributed by atoms with Gasteiger partial charge < -0.3 is 16.0 Å². The van der Waals surface area contributed by atoms with Gasteiger partial charge in [-0.1, -0.05) is 0 Å². The van der Waals surface area contributed by atoms with E-state index in [0.29, 0.717) is 24.8 Å². The molecule has 0 unspecified atom stereocenters. The summed E-state index contributed by atoms with van der Waals surface area (Å²) in [6.45, 7) is 1.29. The molecule has 0 bridgehead atoms. The number of nitrogens with two attached hydrogens (primary N) is 1. The molecule has 0 atom stereocenters. The fourth-order valence-corrected chi connectivity index (χ4v) is 4.89. The third-order valence-corrected chi connectivity index (χ3v) is 7.23. The summed E-state index contributed by atoms with van der Waals surface area (Å²) < 4.78 is 56.8. The predicted molar refractivity (Wildman–Crippen MR) is 127 cm³/mol. The topological polar surface area (TPSA) is 134 Å². The van der Waals surface area contributed by atoms with E-state index in [2.05, 4.69) is 20.3 Å². The smallest absolute Gasteiger partial charge is 0.278 e. The Morgan fingerprint density at radius 3 is 2.49 bits per heavy atom. The van der Waals surface area contributed by atoms with Crippen LogP contribution in [0.25, 0.3) is 11.3 Å². The molecule has 0 spiro atoms. The minimum absolute atomic E-state index is 0. The van der Waals surface area contributed by atoms with Crippen molar-refractivity contribution < 1.29 is 22.0 Å². The Balaban J connectivity index is 0.00000342. The van der Waals surface area contributed by atoms with Crippen LogP contribution in [-0.4, -0.2) is 71.7 Å². The van der Waals surface area contributed by atoms with Crippen molar-refractivity contribution in [2.24, 2.45) is 0 Å². The zero-order chi connectivity index (χ0) is 24.5. The lowest BCUT2D eigenvalue weighted by atomic mass is 10.1. The summed E-state index contributed by atoms with van der Waals surface area (Å²) in [5.41, 5.74) is 5.27. The van der Waals surface area contributed by atoms with Crippen molar-refractivity contribution in [1.82, 2.24) is 24.2 Å². The van der Waals surface area contributed by atoms with Crippen LogP contribution >= 0.6 is 12.4 Å². The van der Waals surface area contributed by atoms with Crippen LogP contribution in [0.2, 0.25) is 0 Å². The summed E-state index contributed by atoms with van der Waals surface area (Å²) in [7, 11) is -2.39. The molecule has 1 aliphatic heterocycles. The predicted octanol–water partition coefficient (Wildman–Crippen LogP) is 2.01. The number of piperazine rings is 1. The first-order chi connectivity index (χ1) is 16.2. The second-order valence-corrected chi connectivity index (χ2v) is 9.56. The van der Waals surface area contributed by atoms with Crippen LogP contribution in [0.4, 0.5) is 20.3 Å². The van der Waals surface area contributed by atoms with Crippen molar-refractivity contribution in [2.45, 2.75) is 4.90 Å². The minimum atomic E-state index is -4.23. The van der Waals surface area contributed by atoms with Gasteiger partial charge in [0.15, 0.2) is 11.5 Å². The van der Waals surface area contributed by atoms with Gasteiger partial charge in [-0.25, -0.2) is 27.2 Å². The van der Waals surface area contributed by atoms with E-state index < -0.39 is 32.5 Å². The number of carbonyl (C=O) groups is 1. The summed E-state index contributed by atoms with van der Waals surface area (Å²) >= 11 is 0. The molecule has 186 valence electrons. The number of aromatic nitrogens is 3. The lowest BCUT2D eigenvalue weighted by Gasteiger charge is -2.31. The van der Waals surface area contributed by atoms with Gasteiger partial charge in [-0.15, -0.1) is 12.4 Å². The molecule has 3 heterocycles. The van der Waals surface area contributed by atoms with Gasteiger partial charge >= 0.3 is 0 Å². The molecule has 35 heavy (non-hydrogen) atoms. The summed E-state index contributed by atoms with van der Waals surface area (Å²) in [5.74, 6) is -3.13. The van der Waals surface area contributed by atoms with Crippen LogP contribution in [0.5, 0.6) is 0 Å². The molecule has 0 aliphatic carbocycles. The van der Waals surface area contributed by atoms with E-state index in [0.717, 1.165) is 16.6 Å². The molecule has 3 aromatic rings. The number of anilines is 2. The number of sulfonamides is 1. The van der Waals surface area contributed by atoms with Gasteiger partial charge in [0, 0.05) is 37.9 Å². The monoisotopic (exact) mass is 525 g/mol. The number of benzene rings is 1. The van der Waals surface area contributed by atoms with Crippen LogP contribution in [0.15, 0.2) is 47.8 Å². The molecule has 1 fully saturated rings. The minimum Gasteiger partial charge on any atom is -0.382 e. The van der Waals surface area contributed by atoms with Gasteiger partial charge in [0.25, 0.3) is 5.91 Å². The lowest BCUT2D eigenvalue weighted by molar-refractivity contribution is 0.102. The second kappa shape index (κ2) is 10.6. The molecule has 14 heteroatoms. The quantitative estimate of drug-likeness (QED) is 0.516. The van der Waals surface area contributed by atoms with Crippen molar-refractivity contribution in [3.8, 4) is 11.3 Å². The standard InChI is InChI=1S/C21H21F2N7O3S.ClH/c1-29-5-7-30(8-6-29)34(32,33)18-10-15(22)14(9-16(18)23)17-12-26-20(24)19(28-17)21(31)27-13-3-2-4-25-11-13;/h2-4,9-12H,5-8H2,1H3,(H2,24,26)(H,27,31);1H. The first-order valence-electron chi connectivity index (χ1n) is 10.2. The summed E-state index contributed by atoms with van der Waals surface area (Å²) in [5, 5.41) is 2.53. The maximum Gasteiger partial charge on any atom is 0.278 e. The molecule has 0 saturated carbocycles. The van der Waals surface area contributed by atoms with Crippen LogP contribution in [0, 0.1) is 11.6 Å². The van der Waals surface area contributed by atoms with E-state index in [1.165, 1.54) is 12.4 Å². The fraction of sp³-hybridized carbons (Fsp3) is 0.238. The van der Waals surface area contributed by atoms with E-state index in [9.17, 15) is 22.0 Å². The highest BCUT2D eigenvalue weighted by Gasteiger charge is 2.31. The highest BCUT2D eigenvalue weighted by atomic mass is 35.5. The number of halogens is 3. The van der Waals surface area contributed by atoms with E-state index in [1.807, 2.05) is 11.9 Å². The number of pyridine rings is 1. The molecule has 1 saturated heterocycles. The average molecular weight is 526 g/mol. The van der Waals surface area contributed by atoms with Gasteiger partial charge in [0.1, 0.15) is 16.5 Å². The number of likely N-dealkylation sites (N-methyl/N-ethyl adjacent to an activating group) is 1. The number of hydrogen-bond donors (Lipinski definition) is 2. The summed E-state index contributed by atoms with van der Waals surface area (Å²) in [4.78, 5) is 25.5. The number of nitrogen functional groups attached to an aromatic ring is 1. The second-order valence-electron chi connectivity index (χ2n) is 7.65. The van der Waals surface area contributed by atoms with Gasteiger partial charge in [0.05, 0.1) is 23.8 Å². The molecular formula is C21H22ClF2N7O3S. The van der Waals surface area contributed by atoms with Crippen LogP contribution in [-0.2, 0) is 10.0 Å². The van der Waals surface area contributed by atoms with Gasteiger partial charge in [-0.05, 0) is 31.3 Å². The Hall–Kier alpha value is -3.26. The number of rotatable bonds is 5. The Bertz CT molecular complexity index is 1340. The number of hydrogen-bond acceptors (Lipinski definition) is 8. The molecule has 0 radical (unpaired) electrons. The van der Waals surface area contributed by atoms with Crippen molar-refractivity contribution in [3.63, 3.8) is 0 Å². The zero-order valence-electron chi connectivity index (χ0n) is 18.5. The van der Waals surface area contributed by atoms with E-state index >= 15 is 0 Å². The van der Waals surface area contributed by atoms with Crippen molar-refractivity contribution in [3.05, 3.63) is 60.2 Å². The van der Waals surface area contributed by atoms with E-state index in [-0.39, 0.29) is 48.3 Å². The molecule has 2 aromatic heterocycles. The van der Waals surface area contributed by atoms with Crippen molar-refractivity contribution >= 4 is 39.8 Å². The molecular weight excluding hydrogens is 504 g/mol. The molecule has 3 N–H and O–H groups in total. The summed E-state index contributed by atoms with van der Waals surface area (Å²) in [6.07, 6.45) is 4.00. The van der Waals surface area contributed by atoms with Gasteiger partial charge in [-0.2, -0.15) is 4.31 Å². The fourth-order valence-electron chi connectivity index (χ4n) is 3.41. The molecule has 4 rings (SSSR count). The number of carbonyl (C=O) groups excluding carboxylic acids is 1. The largest absolute Gasteiger partial charge is 0.382 e. The number of nitrogens with zero attached hydrogens (tertiary/aromatic N) is 5. The van der Waals surface area contributed by atoms with Crippen molar-refractivity contribution in [1.29, 1.82) is 0 Å². The molecule has 1 amide bonds. The normalized spacial score (nSPS) is 14.8. The van der Waals surface area contributed by atoms with Gasteiger partial charge in [0.2, 0.25) is 10.0 Å². The molecule has 1 aliphatic rings. The SMILES string of the molecule is CN1CCN(S(=O)(=O)c2cc(F)c(-c3cnc(N)c(C(=O)Nc4cccnc4)n3)cc2F)CC1.Cl. The third kappa shape index (κ3) is 5.53. The molecule has 10 nitrogen and oxygen atoms in total. The average Bonchev–Trinajstić information content (AvgIpc) is 2.81. The molecule has 1 aromatic carbocycles. The number of nitrogens with one attached hydrogen (secondary N) is 1. The van der Waals surface area contributed by atoms with Crippen molar-refractivity contribution in [2.75, 3.05) is 44.3 Å². The van der Waals surface area contributed by atoms with E-state index in [4.69, 9.17) is 5.73 Å². The lowest BCUT2D eigenvalue weighted by Crippen LogP contribution is -2.47. The first-order valence-corrected chi connectivity index (χ1v) is 11.6. The number of amides is 1. The van der Waals surface area contributed by atoms with Crippen LogP contribution in [0.3, 0.4) is 0 Å². The highest BCUT2D eigenvalue weighted by Crippen LogP contribution is 2.29.